The second-order valence-electron chi connectivity index (χ2n) is 5.37. The average molecular weight is 291 g/mol. The van der Waals surface area contributed by atoms with Gasteiger partial charge < -0.3 is 10.0 Å². The third-order valence-corrected chi connectivity index (χ3v) is 5.92. The summed E-state index contributed by atoms with van der Waals surface area (Å²) in [6.07, 6.45) is 3.82. The average Bonchev–Trinajstić information content (AvgIpc) is 2.56. The van der Waals surface area contributed by atoms with Gasteiger partial charge in [0.05, 0.1) is 0 Å². The van der Waals surface area contributed by atoms with Crippen LogP contribution in [-0.4, -0.2) is 53.9 Å². The molecule has 0 saturated carbocycles. The van der Waals surface area contributed by atoms with Gasteiger partial charge in [0.25, 0.3) is 0 Å². The smallest absolute Gasteiger partial charge is 0.324 e. The SMILES string of the molecule is CC(C)(C(=O)O)S(=O)(=O)CC(=O)N1CCCCCC1. The summed E-state index contributed by atoms with van der Waals surface area (Å²) in [7, 11) is -4.01. The predicted octanol–water partition coefficient (Wildman–Crippen LogP) is 0.667. The largest absolute Gasteiger partial charge is 0.480 e. The van der Waals surface area contributed by atoms with Crippen molar-refractivity contribution in [2.75, 3.05) is 18.8 Å². The Balaban J connectivity index is 2.77. The van der Waals surface area contributed by atoms with Gasteiger partial charge in [-0.25, -0.2) is 8.42 Å². The Morgan fingerprint density at radius 2 is 1.58 bits per heavy atom. The lowest BCUT2D eigenvalue weighted by molar-refractivity contribution is -0.139. The van der Waals surface area contributed by atoms with Gasteiger partial charge in [-0.3, -0.25) is 9.59 Å². The van der Waals surface area contributed by atoms with Gasteiger partial charge >= 0.3 is 5.97 Å². The van der Waals surface area contributed by atoms with E-state index in [-0.39, 0.29) is 0 Å². The van der Waals surface area contributed by atoms with Crippen LogP contribution in [0.1, 0.15) is 39.5 Å². The van der Waals surface area contributed by atoms with Gasteiger partial charge in [-0.2, -0.15) is 0 Å². The number of amides is 1. The lowest BCUT2D eigenvalue weighted by Crippen LogP contribution is -2.46. The molecule has 1 heterocycles. The first kappa shape index (κ1) is 15.9. The van der Waals surface area contributed by atoms with Crippen LogP contribution in [0.15, 0.2) is 0 Å². The first-order valence-corrected chi connectivity index (χ1v) is 8.07. The molecule has 7 heteroatoms. The second-order valence-corrected chi connectivity index (χ2v) is 7.91. The molecule has 1 amide bonds. The van der Waals surface area contributed by atoms with E-state index in [0.29, 0.717) is 13.1 Å². The number of likely N-dealkylation sites (tertiary alicyclic amines) is 1. The zero-order chi connectivity index (χ0) is 14.7. The highest BCUT2D eigenvalue weighted by atomic mass is 32.2. The molecule has 1 saturated heterocycles. The third-order valence-electron chi connectivity index (χ3n) is 3.56. The maximum Gasteiger partial charge on any atom is 0.324 e. The normalized spacial score (nSPS) is 17.9. The van der Waals surface area contributed by atoms with Crippen molar-refractivity contribution in [3.63, 3.8) is 0 Å². The van der Waals surface area contributed by atoms with Crippen molar-refractivity contribution in [1.82, 2.24) is 4.90 Å². The maximum atomic E-state index is 12.0. The first-order valence-electron chi connectivity index (χ1n) is 6.42. The highest BCUT2D eigenvalue weighted by molar-refractivity contribution is 7.94. The van der Waals surface area contributed by atoms with E-state index in [1.807, 2.05) is 0 Å². The minimum Gasteiger partial charge on any atom is -0.480 e. The van der Waals surface area contributed by atoms with Gasteiger partial charge in [-0.15, -0.1) is 0 Å². The van der Waals surface area contributed by atoms with E-state index < -0.39 is 32.2 Å². The van der Waals surface area contributed by atoms with Crippen LogP contribution in [0.3, 0.4) is 0 Å². The van der Waals surface area contributed by atoms with Crippen LogP contribution in [0.5, 0.6) is 0 Å². The summed E-state index contributed by atoms with van der Waals surface area (Å²) in [5, 5.41) is 8.94. The summed E-state index contributed by atoms with van der Waals surface area (Å²) in [4.78, 5) is 24.5. The van der Waals surface area contributed by atoms with Crippen LogP contribution < -0.4 is 0 Å². The molecule has 0 aromatic rings. The maximum absolute atomic E-state index is 12.0. The summed E-state index contributed by atoms with van der Waals surface area (Å²) in [5.41, 5.74) is 0. The Hall–Kier alpha value is -1.11. The van der Waals surface area contributed by atoms with E-state index in [2.05, 4.69) is 0 Å². The zero-order valence-electron chi connectivity index (χ0n) is 11.4. The van der Waals surface area contributed by atoms with Gasteiger partial charge in [-0.1, -0.05) is 12.8 Å². The summed E-state index contributed by atoms with van der Waals surface area (Å²) in [6, 6.07) is 0. The molecule has 19 heavy (non-hydrogen) atoms. The summed E-state index contributed by atoms with van der Waals surface area (Å²) in [5.74, 6) is -2.65. The Kier molecular flexibility index (Phi) is 4.95. The number of aliphatic carboxylic acids is 1. The Labute approximate surface area is 113 Å². The lowest BCUT2D eigenvalue weighted by Gasteiger charge is -2.24. The van der Waals surface area contributed by atoms with E-state index in [0.717, 1.165) is 39.5 Å². The number of carboxylic acid groups (broad SMARTS) is 1. The van der Waals surface area contributed by atoms with Crippen LogP contribution >= 0.6 is 0 Å². The topological polar surface area (TPSA) is 91.7 Å². The molecule has 110 valence electrons. The standard InChI is InChI=1S/C12H21NO5S/c1-12(2,11(15)16)19(17,18)9-10(14)13-7-5-3-4-6-8-13/h3-9H2,1-2H3,(H,15,16). The van der Waals surface area contributed by atoms with Crippen molar-refractivity contribution in [2.45, 2.75) is 44.3 Å². The fraction of sp³-hybridized carbons (Fsp3) is 0.833. The Bertz CT molecular complexity index is 447. The number of hydrogen-bond acceptors (Lipinski definition) is 4. The van der Waals surface area contributed by atoms with Gasteiger partial charge in [0.2, 0.25) is 5.91 Å². The molecule has 6 nitrogen and oxygen atoms in total. The molecule has 0 aromatic carbocycles. The molecule has 1 N–H and O–H groups in total. The second kappa shape index (κ2) is 5.90. The van der Waals surface area contributed by atoms with E-state index in [4.69, 9.17) is 5.11 Å². The van der Waals surface area contributed by atoms with E-state index in [1.165, 1.54) is 4.90 Å². The van der Waals surface area contributed by atoms with Crippen LogP contribution in [0.2, 0.25) is 0 Å². The molecule has 1 fully saturated rings. The van der Waals surface area contributed by atoms with Gasteiger partial charge in [0, 0.05) is 13.1 Å². The molecule has 1 aliphatic rings. The third kappa shape index (κ3) is 3.68. The number of carbonyl (C=O) groups excluding carboxylic acids is 1. The lowest BCUT2D eigenvalue weighted by atomic mass is 10.2. The van der Waals surface area contributed by atoms with Gasteiger partial charge in [0.1, 0.15) is 5.75 Å². The summed E-state index contributed by atoms with van der Waals surface area (Å²) >= 11 is 0. The Morgan fingerprint density at radius 3 is 2.00 bits per heavy atom. The van der Waals surface area contributed by atoms with E-state index in [1.54, 1.807) is 0 Å². The molecule has 0 radical (unpaired) electrons. The Morgan fingerprint density at radius 1 is 1.11 bits per heavy atom. The van der Waals surface area contributed by atoms with Gasteiger partial charge in [-0.05, 0) is 26.7 Å². The predicted molar refractivity (Wildman–Crippen MR) is 70.5 cm³/mol. The minimum atomic E-state index is -4.01. The van der Waals surface area contributed by atoms with Crippen LogP contribution in [0.25, 0.3) is 0 Å². The van der Waals surface area contributed by atoms with Crippen LogP contribution in [0, 0.1) is 0 Å². The fourth-order valence-corrected chi connectivity index (χ4v) is 3.02. The zero-order valence-corrected chi connectivity index (χ0v) is 12.2. The molecule has 0 unspecified atom stereocenters. The molecule has 0 atom stereocenters. The number of hydrogen-bond donors (Lipinski definition) is 1. The van der Waals surface area contributed by atoms with E-state index in [9.17, 15) is 18.0 Å². The molecule has 0 bridgehead atoms. The van der Waals surface area contributed by atoms with Crippen LogP contribution in [-0.2, 0) is 19.4 Å². The molecular formula is C12H21NO5S. The van der Waals surface area contributed by atoms with E-state index >= 15 is 0 Å². The summed E-state index contributed by atoms with van der Waals surface area (Å²) < 4.78 is 22.1. The van der Waals surface area contributed by atoms with Crippen molar-refractivity contribution in [1.29, 1.82) is 0 Å². The van der Waals surface area contributed by atoms with Crippen LogP contribution in [0.4, 0.5) is 0 Å². The number of carboxylic acids is 1. The number of rotatable bonds is 4. The minimum absolute atomic E-state index is 0.490. The highest BCUT2D eigenvalue weighted by Crippen LogP contribution is 2.19. The molecule has 0 spiro atoms. The molecule has 0 aromatic heterocycles. The molecule has 1 rings (SSSR count). The van der Waals surface area contributed by atoms with Crippen molar-refractivity contribution in [3.05, 3.63) is 0 Å². The van der Waals surface area contributed by atoms with Crippen molar-refractivity contribution < 1.29 is 23.1 Å². The number of sulfone groups is 1. The van der Waals surface area contributed by atoms with Crippen molar-refractivity contribution in [2.24, 2.45) is 0 Å². The summed E-state index contributed by atoms with van der Waals surface area (Å²) in [6.45, 7) is 3.34. The fourth-order valence-electron chi connectivity index (χ4n) is 1.89. The first-order chi connectivity index (χ1) is 8.68. The molecule has 1 aliphatic heterocycles. The van der Waals surface area contributed by atoms with Gasteiger partial charge in [0.15, 0.2) is 14.6 Å². The monoisotopic (exact) mass is 291 g/mol. The number of carbonyl (C=O) groups is 2. The highest BCUT2D eigenvalue weighted by Gasteiger charge is 2.43. The van der Waals surface area contributed by atoms with Crippen molar-refractivity contribution >= 4 is 21.7 Å². The molecular weight excluding hydrogens is 270 g/mol. The van der Waals surface area contributed by atoms with Crippen molar-refractivity contribution in [3.8, 4) is 0 Å². The molecule has 0 aliphatic carbocycles. The number of nitrogens with zero attached hydrogens (tertiary/aromatic N) is 1. The quantitative estimate of drug-likeness (QED) is 0.821.